The number of hydrogen-bond acceptors (Lipinski definition) is 3. The maximum atomic E-state index is 11.6. The highest BCUT2D eigenvalue weighted by atomic mass is 32.2. The largest absolute Gasteiger partial charge is 0.299 e. The molecule has 0 radical (unpaired) electrons. The summed E-state index contributed by atoms with van der Waals surface area (Å²) in [6.45, 7) is 8.44. The van der Waals surface area contributed by atoms with E-state index in [1.54, 1.807) is 11.8 Å². The van der Waals surface area contributed by atoms with Crippen molar-refractivity contribution >= 4 is 17.5 Å². The van der Waals surface area contributed by atoms with E-state index in [0.29, 0.717) is 29.8 Å². The number of pyridine rings is 1. The first-order chi connectivity index (χ1) is 7.99. The molecule has 1 aromatic heterocycles. The van der Waals surface area contributed by atoms with Gasteiger partial charge in [0, 0.05) is 23.7 Å². The van der Waals surface area contributed by atoms with Crippen LogP contribution in [-0.2, 0) is 4.79 Å². The number of hydrogen-bond donors (Lipinski definition) is 0. The highest BCUT2D eigenvalue weighted by molar-refractivity contribution is 8.00. The first kappa shape index (κ1) is 14.2. The Balaban J connectivity index is 2.52. The van der Waals surface area contributed by atoms with Gasteiger partial charge in [0.1, 0.15) is 5.78 Å². The van der Waals surface area contributed by atoms with Crippen LogP contribution in [0.5, 0.6) is 0 Å². The fraction of sp³-hybridized carbons (Fsp3) is 0.571. The number of nitrogens with zero attached hydrogens (tertiary/aromatic N) is 1. The van der Waals surface area contributed by atoms with Crippen molar-refractivity contribution in [3.8, 4) is 0 Å². The minimum Gasteiger partial charge on any atom is -0.299 e. The van der Waals surface area contributed by atoms with Crippen LogP contribution in [-0.4, -0.2) is 16.5 Å². The van der Waals surface area contributed by atoms with E-state index in [2.05, 4.69) is 38.7 Å². The molecule has 94 valence electrons. The first-order valence-corrected chi connectivity index (χ1v) is 7.07. The van der Waals surface area contributed by atoms with E-state index in [4.69, 9.17) is 0 Å². The van der Waals surface area contributed by atoms with Crippen molar-refractivity contribution in [2.45, 2.75) is 44.9 Å². The van der Waals surface area contributed by atoms with Gasteiger partial charge in [-0.05, 0) is 23.5 Å². The molecule has 1 heterocycles. The van der Waals surface area contributed by atoms with Crippen LogP contribution in [0.2, 0.25) is 0 Å². The molecular formula is C14H21NOS. The molecule has 2 nitrogen and oxygen atoms in total. The molecule has 1 aromatic rings. The molecule has 0 aliphatic heterocycles. The molecule has 0 aliphatic rings. The van der Waals surface area contributed by atoms with Gasteiger partial charge in [-0.3, -0.25) is 9.78 Å². The van der Waals surface area contributed by atoms with Crippen molar-refractivity contribution in [2.75, 3.05) is 5.75 Å². The average molecular weight is 251 g/mol. The second-order valence-corrected chi connectivity index (χ2v) is 6.08. The van der Waals surface area contributed by atoms with Gasteiger partial charge in [0.15, 0.2) is 0 Å². The summed E-state index contributed by atoms with van der Waals surface area (Å²) in [7, 11) is 0. The molecule has 0 amide bonds. The number of carbonyl (C=O) groups is 1. The molecule has 0 saturated carbocycles. The molecule has 0 unspecified atom stereocenters. The molecule has 0 N–H and O–H groups in total. The van der Waals surface area contributed by atoms with Crippen molar-refractivity contribution in [3.63, 3.8) is 0 Å². The monoisotopic (exact) mass is 251 g/mol. The van der Waals surface area contributed by atoms with E-state index in [1.807, 2.05) is 12.4 Å². The quantitative estimate of drug-likeness (QED) is 0.718. The van der Waals surface area contributed by atoms with Crippen LogP contribution in [0.3, 0.4) is 0 Å². The smallest absolute Gasteiger partial charge is 0.143 e. The highest BCUT2D eigenvalue weighted by Gasteiger charge is 2.07. The van der Waals surface area contributed by atoms with Gasteiger partial charge in [0.2, 0.25) is 0 Å². The number of Topliss-reactive ketones (excluding diaryl/α,β-unsaturated/α-hetero) is 1. The standard InChI is InChI=1S/C14H21NOS/c1-10(2)5-13(16)9-17-14-6-12(11(3)4)7-15-8-14/h6-8,10-11H,5,9H2,1-4H3. The minimum absolute atomic E-state index is 0.319. The van der Waals surface area contributed by atoms with E-state index >= 15 is 0 Å². The van der Waals surface area contributed by atoms with Crippen LogP contribution in [0.1, 0.15) is 45.6 Å². The Morgan fingerprint density at radius 3 is 2.59 bits per heavy atom. The maximum absolute atomic E-state index is 11.6. The molecule has 17 heavy (non-hydrogen) atoms. The maximum Gasteiger partial charge on any atom is 0.143 e. The number of aromatic nitrogens is 1. The summed E-state index contributed by atoms with van der Waals surface area (Å²) < 4.78 is 0. The number of ketones is 1. The lowest BCUT2D eigenvalue weighted by atomic mass is 10.1. The summed E-state index contributed by atoms with van der Waals surface area (Å²) in [6, 6.07) is 2.13. The van der Waals surface area contributed by atoms with Gasteiger partial charge in [-0.15, -0.1) is 11.8 Å². The summed E-state index contributed by atoms with van der Waals surface area (Å²) in [5.74, 6) is 1.80. The van der Waals surface area contributed by atoms with Crippen LogP contribution in [0.15, 0.2) is 23.4 Å². The molecule has 0 saturated heterocycles. The van der Waals surface area contributed by atoms with Crippen molar-refractivity contribution in [1.82, 2.24) is 4.98 Å². The Morgan fingerprint density at radius 2 is 2.00 bits per heavy atom. The van der Waals surface area contributed by atoms with Gasteiger partial charge >= 0.3 is 0 Å². The van der Waals surface area contributed by atoms with Crippen LogP contribution in [0.4, 0.5) is 0 Å². The molecule has 1 rings (SSSR count). The fourth-order valence-electron chi connectivity index (χ4n) is 1.51. The predicted molar refractivity (Wildman–Crippen MR) is 73.5 cm³/mol. The zero-order valence-electron chi connectivity index (χ0n) is 11.1. The van der Waals surface area contributed by atoms with E-state index in [-0.39, 0.29) is 0 Å². The summed E-state index contributed by atoms with van der Waals surface area (Å²) in [5.41, 5.74) is 1.23. The third-order valence-corrected chi connectivity index (χ3v) is 3.46. The second kappa shape index (κ2) is 6.80. The van der Waals surface area contributed by atoms with Gasteiger partial charge < -0.3 is 0 Å². The van der Waals surface area contributed by atoms with Crippen molar-refractivity contribution < 1.29 is 4.79 Å². The number of carbonyl (C=O) groups excluding carboxylic acids is 1. The Morgan fingerprint density at radius 1 is 1.29 bits per heavy atom. The van der Waals surface area contributed by atoms with E-state index in [1.165, 1.54) is 5.56 Å². The normalized spacial score (nSPS) is 11.2. The average Bonchev–Trinajstić information content (AvgIpc) is 2.26. The predicted octanol–water partition coefficient (Wildman–Crippen LogP) is 3.91. The van der Waals surface area contributed by atoms with Gasteiger partial charge in [0.05, 0.1) is 5.75 Å². The number of rotatable bonds is 6. The van der Waals surface area contributed by atoms with E-state index in [0.717, 1.165) is 4.90 Å². The summed E-state index contributed by atoms with van der Waals surface area (Å²) in [5, 5.41) is 0. The molecular weight excluding hydrogens is 230 g/mol. The third-order valence-electron chi connectivity index (χ3n) is 2.44. The lowest BCUT2D eigenvalue weighted by Gasteiger charge is -2.07. The Bertz CT molecular complexity index is 374. The van der Waals surface area contributed by atoms with Gasteiger partial charge in [-0.25, -0.2) is 0 Å². The van der Waals surface area contributed by atoms with Crippen LogP contribution >= 0.6 is 11.8 Å². The van der Waals surface area contributed by atoms with Gasteiger partial charge in [-0.1, -0.05) is 27.7 Å². The molecule has 0 bridgehead atoms. The third kappa shape index (κ3) is 5.35. The molecule has 0 aromatic carbocycles. The van der Waals surface area contributed by atoms with Gasteiger partial charge in [-0.2, -0.15) is 0 Å². The molecule has 0 atom stereocenters. The van der Waals surface area contributed by atoms with Crippen molar-refractivity contribution in [2.24, 2.45) is 5.92 Å². The second-order valence-electron chi connectivity index (χ2n) is 5.03. The molecule has 3 heteroatoms. The Kier molecular flexibility index (Phi) is 5.69. The van der Waals surface area contributed by atoms with E-state index < -0.39 is 0 Å². The first-order valence-electron chi connectivity index (χ1n) is 6.08. The lowest BCUT2D eigenvalue weighted by Crippen LogP contribution is -2.05. The molecule has 0 fully saturated rings. The van der Waals surface area contributed by atoms with Crippen LogP contribution in [0.25, 0.3) is 0 Å². The zero-order valence-corrected chi connectivity index (χ0v) is 11.9. The fourth-order valence-corrected chi connectivity index (χ4v) is 2.31. The van der Waals surface area contributed by atoms with E-state index in [9.17, 15) is 4.79 Å². The summed E-state index contributed by atoms with van der Waals surface area (Å²) >= 11 is 1.59. The van der Waals surface area contributed by atoms with Gasteiger partial charge in [0.25, 0.3) is 0 Å². The lowest BCUT2D eigenvalue weighted by molar-refractivity contribution is -0.117. The molecule has 0 spiro atoms. The van der Waals surface area contributed by atoms with Crippen molar-refractivity contribution in [3.05, 3.63) is 24.0 Å². The summed E-state index contributed by atoms with van der Waals surface area (Å²) in [6.07, 6.45) is 4.40. The Hall–Kier alpha value is -0.830. The Labute approximate surface area is 108 Å². The topological polar surface area (TPSA) is 30.0 Å². The summed E-state index contributed by atoms with van der Waals surface area (Å²) in [4.78, 5) is 16.9. The highest BCUT2D eigenvalue weighted by Crippen LogP contribution is 2.22. The van der Waals surface area contributed by atoms with Crippen molar-refractivity contribution in [1.29, 1.82) is 0 Å². The van der Waals surface area contributed by atoms with Crippen LogP contribution < -0.4 is 0 Å². The number of thioether (sulfide) groups is 1. The SMILES string of the molecule is CC(C)CC(=O)CSc1cncc(C(C)C)c1. The van der Waals surface area contributed by atoms with Crippen LogP contribution in [0, 0.1) is 5.92 Å². The molecule has 0 aliphatic carbocycles. The zero-order chi connectivity index (χ0) is 12.8. The minimum atomic E-state index is 0.319.